The van der Waals surface area contributed by atoms with Gasteiger partial charge in [-0.1, -0.05) is 43.2 Å². The molecule has 0 aromatic heterocycles. The second-order valence-electron chi connectivity index (χ2n) is 12.1. The molecule has 10 heteroatoms. The highest BCUT2D eigenvalue weighted by Crippen LogP contribution is 2.37. The van der Waals surface area contributed by atoms with Crippen molar-refractivity contribution < 1.29 is 27.8 Å². The summed E-state index contributed by atoms with van der Waals surface area (Å²) in [6.07, 6.45) is 5.26. The zero-order chi connectivity index (χ0) is 31.8. The van der Waals surface area contributed by atoms with Gasteiger partial charge in [0.05, 0.1) is 37.8 Å². The lowest BCUT2D eigenvalue weighted by Gasteiger charge is -2.30. The lowest BCUT2D eigenvalue weighted by atomic mass is 9.94. The maximum absolute atomic E-state index is 13.9. The van der Waals surface area contributed by atoms with Gasteiger partial charge < -0.3 is 25.2 Å². The molecule has 3 aromatic rings. The first kappa shape index (κ1) is 32.8. The van der Waals surface area contributed by atoms with Crippen LogP contribution in [-0.2, 0) is 23.0 Å². The normalized spacial score (nSPS) is 17.9. The Balaban J connectivity index is 1.36. The third kappa shape index (κ3) is 8.56. The molecule has 1 saturated heterocycles. The van der Waals surface area contributed by atoms with Crippen molar-refractivity contribution in [2.75, 3.05) is 37.4 Å². The highest BCUT2D eigenvalue weighted by atomic mass is 32.2. The van der Waals surface area contributed by atoms with Crippen molar-refractivity contribution >= 4 is 21.6 Å². The SMILES string of the molecule is COc1cc(CNC[C@@H](O)[C@H](Cc2ccccc2)NC(=O)c2cc(C3CCCC3)cc(N3CCCCS3(=O)=O)c2)cc(OC)c1. The van der Waals surface area contributed by atoms with Gasteiger partial charge in [-0.3, -0.25) is 9.10 Å². The molecule has 0 spiro atoms. The average molecular weight is 636 g/mol. The molecular weight excluding hydrogens is 590 g/mol. The monoisotopic (exact) mass is 635 g/mol. The number of nitrogens with zero attached hydrogens (tertiary/aromatic N) is 1. The van der Waals surface area contributed by atoms with E-state index < -0.39 is 22.2 Å². The third-order valence-electron chi connectivity index (χ3n) is 8.84. The van der Waals surface area contributed by atoms with Crippen LogP contribution < -0.4 is 24.4 Å². The fourth-order valence-electron chi connectivity index (χ4n) is 6.36. The van der Waals surface area contributed by atoms with Crippen LogP contribution in [0.25, 0.3) is 0 Å². The summed E-state index contributed by atoms with van der Waals surface area (Å²) >= 11 is 0. The number of anilines is 1. The molecule has 2 fully saturated rings. The maximum atomic E-state index is 13.9. The summed E-state index contributed by atoms with van der Waals surface area (Å²) in [4.78, 5) is 13.9. The van der Waals surface area contributed by atoms with Crippen molar-refractivity contribution in [1.82, 2.24) is 10.6 Å². The first-order chi connectivity index (χ1) is 21.8. The fourth-order valence-corrected chi connectivity index (χ4v) is 7.98. The van der Waals surface area contributed by atoms with Gasteiger partial charge in [0.15, 0.2) is 0 Å². The van der Waals surface area contributed by atoms with Gasteiger partial charge in [0.2, 0.25) is 10.0 Å². The van der Waals surface area contributed by atoms with Crippen molar-refractivity contribution in [2.24, 2.45) is 0 Å². The van der Waals surface area contributed by atoms with Crippen molar-refractivity contribution in [2.45, 2.75) is 69.6 Å². The smallest absolute Gasteiger partial charge is 0.251 e. The molecule has 1 heterocycles. The van der Waals surface area contributed by atoms with Gasteiger partial charge >= 0.3 is 0 Å². The zero-order valence-corrected chi connectivity index (χ0v) is 27.0. The molecule has 2 atom stereocenters. The molecule has 9 nitrogen and oxygen atoms in total. The van der Waals surface area contributed by atoms with Gasteiger partial charge in [-0.15, -0.1) is 0 Å². The number of carbonyl (C=O) groups excluding carboxylic acids is 1. The van der Waals surface area contributed by atoms with Gasteiger partial charge in [0, 0.05) is 31.3 Å². The van der Waals surface area contributed by atoms with E-state index in [0.29, 0.717) is 54.6 Å². The first-order valence-corrected chi connectivity index (χ1v) is 17.5. The summed E-state index contributed by atoms with van der Waals surface area (Å²) in [6, 6.07) is 20.3. The molecule has 0 radical (unpaired) electrons. The lowest BCUT2D eigenvalue weighted by Crippen LogP contribution is -2.48. The van der Waals surface area contributed by atoms with Crippen molar-refractivity contribution in [3.63, 3.8) is 0 Å². The summed E-state index contributed by atoms with van der Waals surface area (Å²) in [5.74, 6) is 1.44. The number of carbonyl (C=O) groups is 1. The van der Waals surface area contributed by atoms with Crippen LogP contribution in [0.4, 0.5) is 5.69 Å². The summed E-state index contributed by atoms with van der Waals surface area (Å²) < 4.78 is 38.2. The van der Waals surface area contributed by atoms with Crippen LogP contribution >= 0.6 is 0 Å². The second kappa shape index (κ2) is 15.1. The molecule has 45 heavy (non-hydrogen) atoms. The second-order valence-corrected chi connectivity index (χ2v) is 14.1. The Hall–Kier alpha value is -3.60. The fraction of sp³-hybridized carbons (Fsp3) is 0.457. The number of benzene rings is 3. The Morgan fingerprint density at radius 2 is 1.64 bits per heavy atom. The van der Waals surface area contributed by atoms with Crippen LogP contribution in [-0.4, -0.2) is 64.6 Å². The minimum absolute atomic E-state index is 0.114. The Kier molecular flexibility index (Phi) is 11.0. The molecular formula is C35H45N3O6S. The van der Waals surface area contributed by atoms with E-state index in [9.17, 15) is 18.3 Å². The van der Waals surface area contributed by atoms with E-state index in [1.165, 1.54) is 4.31 Å². The van der Waals surface area contributed by atoms with Crippen LogP contribution in [0.1, 0.15) is 71.5 Å². The molecule has 1 aliphatic carbocycles. The number of methoxy groups -OCH3 is 2. The highest BCUT2D eigenvalue weighted by molar-refractivity contribution is 7.92. The molecule has 0 unspecified atom stereocenters. The van der Waals surface area contributed by atoms with E-state index >= 15 is 0 Å². The van der Waals surface area contributed by atoms with Crippen LogP contribution in [0.2, 0.25) is 0 Å². The minimum atomic E-state index is -3.44. The quantitative estimate of drug-likeness (QED) is 0.248. The van der Waals surface area contributed by atoms with E-state index in [-0.39, 0.29) is 18.2 Å². The van der Waals surface area contributed by atoms with E-state index in [0.717, 1.165) is 48.8 Å². The predicted molar refractivity (Wildman–Crippen MR) is 177 cm³/mol. The Labute approximate surface area is 267 Å². The first-order valence-electron chi connectivity index (χ1n) is 15.9. The van der Waals surface area contributed by atoms with Gasteiger partial charge in [-0.2, -0.15) is 0 Å². The highest BCUT2D eigenvalue weighted by Gasteiger charge is 2.29. The number of nitrogens with one attached hydrogen (secondary N) is 2. The van der Waals surface area contributed by atoms with Gasteiger partial charge in [0.1, 0.15) is 11.5 Å². The zero-order valence-electron chi connectivity index (χ0n) is 26.2. The number of sulfonamides is 1. The predicted octanol–water partition coefficient (Wildman–Crippen LogP) is 4.78. The van der Waals surface area contributed by atoms with Crippen molar-refractivity contribution in [1.29, 1.82) is 0 Å². The molecule has 2 aliphatic rings. The largest absolute Gasteiger partial charge is 0.497 e. The molecule has 1 amide bonds. The topological polar surface area (TPSA) is 117 Å². The van der Waals surface area contributed by atoms with E-state index in [2.05, 4.69) is 10.6 Å². The summed E-state index contributed by atoms with van der Waals surface area (Å²) in [7, 11) is -0.238. The van der Waals surface area contributed by atoms with E-state index in [1.54, 1.807) is 26.4 Å². The lowest BCUT2D eigenvalue weighted by molar-refractivity contribution is 0.0830. The molecule has 3 aromatic carbocycles. The number of aliphatic hydroxyl groups excluding tert-OH is 1. The molecule has 1 saturated carbocycles. The number of aliphatic hydroxyl groups is 1. The summed E-state index contributed by atoms with van der Waals surface area (Å²) in [5, 5.41) is 17.8. The van der Waals surface area contributed by atoms with Gasteiger partial charge in [-0.25, -0.2) is 8.42 Å². The van der Waals surface area contributed by atoms with Crippen molar-refractivity contribution in [3.8, 4) is 11.5 Å². The number of rotatable bonds is 13. The Morgan fingerprint density at radius 3 is 2.31 bits per heavy atom. The van der Waals surface area contributed by atoms with Gasteiger partial charge in [-0.05, 0) is 85.0 Å². The molecule has 5 rings (SSSR count). The van der Waals surface area contributed by atoms with Crippen LogP contribution in [0, 0.1) is 0 Å². The number of hydrogen-bond donors (Lipinski definition) is 3. The van der Waals surface area contributed by atoms with Gasteiger partial charge in [0.25, 0.3) is 5.91 Å². The standard InChI is InChI=1S/C35H45N3O6S/c1-43-31-16-26(17-32(22-31)44-2)23-36-24-34(39)33(18-25-10-4-3-5-11-25)37-35(40)29-19-28(27-12-6-7-13-27)20-30(21-29)38-14-8-9-15-45(38,41)42/h3-5,10-11,16-17,19-22,27,33-34,36,39H,6-9,12-15,18,23-24H2,1-2H3,(H,37,40)/t33-,34+/m0/s1. The Morgan fingerprint density at radius 1 is 0.933 bits per heavy atom. The molecule has 1 aliphatic heterocycles. The maximum Gasteiger partial charge on any atom is 0.251 e. The molecule has 3 N–H and O–H groups in total. The Bertz CT molecular complexity index is 1520. The number of amides is 1. The average Bonchev–Trinajstić information content (AvgIpc) is 3.60. The molecule has 0 bridgehead atoms. The molecule has 242 valence electrons. The van der Waals surface area contributed by atoms with Crippen molar-refractivity contribution in [3.05, 3.63) is 89.0 Å². The number of ether oxygens (including phenoxy) is 2. The minimum Gasteiger partial charge on any atom is -0.497 e. The number of hydrogen-bond acceptors (Lipinski definition) is 7. The van der Waals surface area contributed by atoms with Crippen LogP contribution in [0.15, 0.2) is 66.7 Å². The summed E-state index contributed by atoms with van der Waals surface area (Å²) in [6.45, 7) is 1.11. The van der Waals surface area contributed by atoms with E-state index in [1.807, 2.05) is 54.6 Å². The van der Waals surface area contributed by atoms with Crippen LogP contribution in [0.3, 0.4) is 0 Å². The van der Waals surface area contributed by atoms with Crippen LogP contribution in [0.5, 0.6) is 11.5 Å². The third-order valence-corrected chi connectivity index (χ3v) is 10.7. The summed E-state index contributed by atoms with van der Waals surface area (Å²) in [5.41, 5.74) is 3.90. The van der Waals surface area contributed by atoms with E-state index in [4.69, 9.17) is 9.47 Å².